The molecule has 2 rings (SSSR count). The fourth-order valence-corrected chi connectivity index (χ4v) is 2.33. The normalized spacial score (nSPS) is 37.4. The van der Waals surface area contributed by atoms with Gasteiger partial charge >= 0.3 is 0 Å². The van der Waals surface area contributed by atoms with Crippen molar-refractivity contribution < 1.29 is 0 Å². The molecule has 2 N–H and O–H groups in total. The molecule has 2 heteroatoms. The third-order valence-electron chi connectivity index (χ3n) is 3.05. The molecule has 0 aromatic heterocycles. The van der Waals surface area contributed by atoms with Gasteiger partial charge in [-0.3, -0.25) is 4.90 Å². The molecule has 0 amide bonds. The van der Waals surface area contributed by atoms with E-state index in [1.165, 1.54) is 25.7 Å². The van der Waals surface area contributed by atoms with Crippen LogP contribution < -0.4 is 5.73 Å². The van der Waals surface area contributed by atoms with E-state index in [-0.39, 0.29) is 0 Å². The van der Waals surface area contributed by atoms with Crippen LogP contribution in [0, 0.1) is 0 Å². The molecular weight excluding hydrogens is 148 g/mol. The van der Waals surface area contributed by atoms with Gasteiger partial charge in [0.15, 0.2) is 0 Å². The van der Waals surface area contributed by atoms with Crippen molar-refractivity contribution in [2.45, 2.75) is 37.8 Å². The maximum atomic E-state index is 5.95. The second kappa shape index (κ2) is 3.58. The summed E-state index contributed by atoms with van der Waals surface area (Å²) in [7, 11) is 0. The Hall–Kier alpha value is -0.340. The first-order valence-electron chi connectivity index (χ1n) is 5.01. The first-order valence-corrected chi connectivity index (χ1v) is 5.01. The van der Waals surface area contributed by atoms with E-state index in [2.05, 4.69) is 17.1 Å². The predicted molar refractivity (Wildman–Crippen MR) is 50.9 cm³/mol. The molecular formula is C10H18N2. The minimum Gasteiger partial charge on any atom is -0.328 e. The maximum absolute atomic E-state index is 5.95. The van der Waals surface area contributed by atoms with Crippen LogP contribution in [0.2, 0.25) is 0 Å². The Morgan fingerprint density at radius 1 is 1.17 bits per heavy atom. The molecule has 0 aromatic carbocycles. The van der Waals surface area contributed by atoms with Gasteiger partial charge < -0.3 is 5.73 Å². The molecule has 1 saturated carbocycles. The van der Waals surface area contributed by atoms with Gasteiger partial charge in [-0.15, -0.1) is 0 Å². The van der Waals surface area contributed by atoms with Crippen molar-refractivity contribution in [2.24, 2.45) is 5.73 Å². The van der Waals surface area contributed by atoms with Crippen LogP contribution >= 0.6 is 0 Å². The van der Waals surface area contributed by atoms with Crippen LogP contribution in [0.25, 0.3) is 0 Å². The van der Waals surface area contributed by atoms with Crippen LogP contribution in [0.3, 0.4) is 0 Å². The molecule has 0 radical (unpaired) electrons. The standard InChI is InChI=1S/C10H18N2/c11-9-4-3-5-10(8-9)12-6-1-2-7-12/h1-2,9-10H,3-8,11H2. The van der Waals surface area contributed by atoms with E-state index in [0.29, 0.717) is 6.04 Å². The van der Waals surface area contributed by atoms with Crippen LogP contribution in [-0.4, -0.2) is 30.1 Å². The van der Waals surface area contributed by atoms with Gasteiger partial charge in [-0.2, -0.15) is 0 Å². The van der Waals surface area contributed by atoms with Crippen molar-refractivity contribution in [3.05, 3.63) is 12.2 Å². The van der Waals surface area contributed by atoms with Gasteiger partial charge in [-0.1, -0.05) is 18.6 Å². The van der Waals surface area contributed by atoms with Gasteiger partial charge in [-0.25, -0.2) is 0 Å². The lowest BCUT2D eigenvalue weighted by Crippen LogP contribution is -2.41. The van der Waals surface area contributed by atoms with Crippen molar-refractivity contribution in [2.75, 3.05) is 13.1 Å². The minimum absolute atomic E-state index is 0.462. The average Bonchev–Trinajstić information content (AvgIpc) is 2.56. The summed E-state index contributed by atoms with van der Waals surface area (Å²) < 4.78 is 0. The van der Waals surface area contributed by atoms with Crippen LogP contribution in [0.1, 0.15) is 25.7 Å². The summed E-state index contributed by atoms with van der Waals surface area (Å²) in [4.78, 5) is 2.54. The van der Waals surface area contributed by atoms with Crippen molar-refractivity contribution in [1.29, 1.82) is 0 Å². The third kappa shape index (κ3) is 1.70. The lowest BCUT2D eigenvalue weighted by Gasteiger charge is -2.33. The zero-order valence-corrected chi connectivity index (χ0v) is 7.58. The molecule has 2 aliphatic rings. The molecule has 12 heavy (non-hydrogen) atoms. The molecule has 0 saturated heterocycles. The highest BCUT2D eigenvalue weighted by molar-refractivity contribution is 4.98. The Morgan fingerprint density at radius 2 is 1.92 bits per heavy atom. The molecule has 2 unspecified atom stereocenters. The van der Waals surface area contributed by atoms with E-state index in [9.17, 15) is 0 Å². The van der Waals surface area contributed by atoms with Gasteiger partial charge in [-0.05, 0) is 19.3 Å². The third-order valence-corrected chi connectivity index (χ3v) is 3.05. The fraction of sp³-hybridized carbons (Fsp3) is 0.800. The van der Waals surface area contributed by atoms with E-state index in [0.717, 1.165) is 19.1 Å². The summed E-state index contributed by atoms with van der Waals surface area (Å²) in [5.41, 5.74) is 5.95. The van der Waals surface area contributed by atoms with Crippen molar-refractivity contribution in [3.63, 3.8) is 0 Å². The molecule has 1 heterocycles. The van der Waals surface area contributed by atoms with E-state index in [4.69, 9.17) is 5.73 Å². The Morgan fingerprint density at radius 3 is 2.58 bits per heavy atom. The lowest BCUT2D eigenvalue weighted by atomic mass is 9.91. The summed E-state index contributed by atoms with van der Waals surface area (Å²) >= 11 is 0. The van der Waals surface area contributed by atoms with Crippen LogP contribution in [0.4, 0.5) is 0 Å². The molecule has 68 valence electrons. The topological polar surface area (TPSA) is 29.3 Å². The highest BCUT2D eigenvalue weighted by Gasteiger charge is 2.24. The molecule has 0 spiro atoms. The second-order valence-corrected chi connectivity index (χ2v) is 4.01. The molecule has 0 bridgehead atoms. The number of nitrogens with two attached hydrogens (primary N) is 1. The number of nitrogens with zero attached hydrogens (tertiary/aromatic N) is 1. The van der Waals surface area contributed by atoms with Gasteiger partial charge in [0.25, 0.3) is 0 Å². The van der Waals surface area contributed by atoms with E-state index >= 15 is 0 Å². The summed E-state index contributed by atoms with van der Waals surface area (Å²) in [6, 6.07) is 1.23. The van der Waals surface area contributed by atoms with Crippen LogP contribution in [0.15, 0.2) is 12.2 Å². The fourth-order valence-electron chi connectivity index (χ4n) is 2.33. The smallest absolute Gasteiger partial charge is 0.0169 e. The molecule has 1 aliphatic heterocycles. The summed E-state index contributed by atoms with van der Waals surface area (Å²) in [6.07, 6.45) is 9.65. The number of rotatable bonds is 1. The van der Waals surface area contributed by atoms with Crippen molar-refractivity contribution in [1.82, 2.24) is 4.90 Å². The zero-order valence-electron chi connectivity index (χ0n) is 7.58. The Bertz CT molecular complexity index is 169. The maximum Gasteiger partial charge on any atom is 0.0169 e. The average molecular weight is 166 g/mol. The summed E-state index contributed by atoms with van der Waals surface area (Å²) in [5, 5.41) is 0. The molecule has 0 aromatic rings. The molecule has 2 atom stereocenters. The highest BCUT2D eigenvalue weighted by Crippen LogP contribution is 2.23. The van der Waals surface area contributed by atoms with Gasteiger partial charge in [0.05, 0.1) is 0 Å². The van der Waals surface area contributed by atoms with Crippen molar-refractivity contribution >= 4 is 0 Å². The zero-order chi connectivity index (χ0) is 8.39. The van der Waals surface area contributed by atoms with Crippen molar-refractivity contribution in [3.8, 4) is 0 Å². The van der Waals surface area contributed by atoms with Crippen LogP contribution in [-0.2, 0) is 0 Å². The number of hydrogen-bond acceptors (Lipinski definition) is 2. The van der Waals surface area contributed by atoms with E-state index in [1.807, 2.05) is 0 Å². The minimum atomic E-state index is 0.462. The number of hydrogen-bond donors (Lipinski definition) is 1. The largest absolute Gasteiger partial charge is 0.328 e. The summed E-state index contributed by atoms with van der Waals surface area (Å²) in [5.74, 6) is 0. The van der Waals surface area contributed by atoms with Gasteiger partial charge in [0, 0.05) is 25.2 Å². The van der Waals surface area contributed by atoms with E-state index in [1.54, 1.807) is 0 Å². The lowest BCUT2D eigenvalue weighted by molar-refractivity contribution is 0.187. The van der Waals surface area contributed by atoms with Crippen LogP contribution in [0.5, 0.6) is 0 Å². The predicted octanol–water partition coefficient (Wildman–Crippen LogP) is 1.13. The Balaban J connectivity index is 1.86. The quantitative estimate of drug-likeness (QED) is 0.592. The highest BCUT2D eigenvalue weighted by atomic mass is 15.2. The molecule has 1 fully saturated rings. The summed E-state index contributed by atoms with van der Waals surface area (Å²) in [6.45, 7) is 2.30. The second-order valence-electron chi connectivity index (χ2n) is 4.01. The molecule has 1 aliphatic carbocycles. The SMILES string of the molecule is NC1CCCC(N2CC=CC2)C1. The van der Waals surface area contributed by atoms with E-state index < -0.39 is 0 Å². The monoisotopic (exact) mass is 166 g/mol. The Labute approximate surface area is 74.4 Å². The van der Waals surface area contributed by atoms with Gasteiger partial charge in [0.2, 0.25) is 0 Å². The first-order chi connectivity index (χ1) is 5.86. The molecule has 2 nitrogen and oxygen atoms in total. The van der Waals surface area contributed by atoms with Gasteiger partial charge in [0.1, 0.15) is 0 Å². The first kappa shape index (κ1) is 8.27. The Kier molecular flexibility index (Phi) is 2.47.